The normalized spacial score (nSPS) is 13.9. The minimum absolute atomic E-state index is 0.00846. The summed E-state index contributed by atoms with van der Waals surface area (Å²) in [6.45, 7) is 1.38. The van der Waals surface area contributed by atoms with Crippen LogP contribution in [-0.2, 0) is 24.4 Å². The van der Waals surface area contributed by atoms with Crippen molar-refractivity contribution in [3.63, 3.8) is 0 Å². The molecule has 0 spiro atoms. The number of fused-ring (bicyclic) bond motifs is 1. The highest BCUT2D eigenvalue weighted by molar-refractivity contribution is 6.42. The number of ether oxygens (including phenoxy) is 1. The van der Waals surface area contributed by atoms with Crippen LogP contribution in [0.4, 0.5) is 0 Å². The van der Waals surface area contributed by atoms with Crippen molar-refractivity contribution < 1.29 is 14.6 Å². The van der Waals surface area contributed by atoms with E-state index in [1.807, 2.05) is 0 Å². The molecule has 8 heteroatoms. The number of rotatable bonds is 4. The molecule has 0 saturated carbocycles. The lowest BCUT2D eigenvalue weighted by Crippen LogP contribution is -2.42. The van der Waals surface area contributed by atoms with Gasteiger partial charge in [0.15, 0.2) is 11.4 Å². The number of nitrogens with zero attached hydrogens (tertiary/aromatic N) is 2. The third-order valence-electron chi connectivity index (χ3n) is 4.10. The van der Waals surface area contributed by atoms with Gasteiger partial charge in [-0.15, -0.1) is 0 Å². The van der Waals surface area contributed by atoms with Crippen molar-refractivity contribution in [1.82, 2.24) is 9.47 Å². The molecule has 1 aromatic carbocycles. The molecule has 2 aromatic rings. The summed E-state index contributed by atoms with van der Waals surface area (Å²) in [7, 11) is 1.51. The molecule has 25 heavy (non-hydrogen) atoms. The van der Waals surface area contributed by atoms with Gasteiger partial charge in [0, 0.05) is 38.5 Å². The average molecular weight is 383 g/mol. The van der Waals surface area contributed by atoms with Gasteiger partial charge in [-0.25, -0.2) is 0 Å². The Hall–Kier alpha value is -2.02. The lowest BCUT2D eigenvalue weighted by Gasteiger charge is -2.31. The largest absolute Gasteiger partial charge is 0.503 e. The number of hydrogen-bond acceptors (Lipinski definition) is 4. The first-order valence-electron chi connectivity index (χ1n) is 7.60. The third-order valence-corrected chi connectivity index (χ3v) is 4.84. The molecular weight excluding hydrogens is 367 g/mol. The van der Waals surface area contributed by atoms with E-state index in [1.54, 1.807) is 27.7 Å². The predicted molar refractivity (Wildman–Crippen MR) is 94.3 cm³/mol. The maximum atomic E-state index is 12.8. The maximum absolute atomic E-state index is 12.8. The summed E-state index contributed by atoms with van der Waals surface area (Å²) < 4.78 is 6.71. The van der Waals surface area contributed by atoms with Crippen molar-refractivity contribution in [3.05, 3.63) is 61.5 Å². The van der Waals surface area contributed by atoms with Crippen LogP contribution in [0.3, 0.4) is 0 Å². The SMILES string of the molecule is COCc1cc(=O)c(O)c2n1CCN(Cc1ccc(Cl)c(Cl)c1)C2=O. The van der Waals surface area contributed by atoms with E-state index >= 15 is 0 Å². The monoisotopic (exact) mass is 382 g/mol. The molecule has 1 N–H and O–H groups in total. The highest BCUT2D eigenvalue weighted by atomic mass is 35.5. The van der Waals surface area contributed by atoms with Gasteiger partial charge in [-0.3, -0.25) is 9.59 Å². The second-order valence-electron chi connectivity index (χ2n) is 5.76. The molecule has 0 fully saturated rings. The molecular formula is C17H16Cl2N2O4. The number of halogens is 2. The van der Waals surface area contributed by atoms with Crippen LogP contribution >= 0.6 is 23.2 Å². The molecule has 1 aliphatic heterocycles. The molecule has 1 amide bonds. The Morgan fingerprint density at radius 3 is 2.60 bits per heavy atom. The van der Waals surface area contributed by atoms with E-state index in [0.29, 0.717) is 35.4 Å². The molecule has 2 heterocycles. The minimum Gasteiger partial charge on any atom is -0.503 e. The van der Waals surface area contributed by atoms with Gasteiger partial charge >= 0.3 is 0 Å². The van der Waals surface area contributed by atoms with Crippen molar-refractivity contribution in [2.45, 2.75) is 19.7 Å². The average Bonchev–Trinajstić information content (AvgIpc) is 2.58. The van der Waals surface area contributed by atoms with E-state index < -0.39 is 17.1 Å². The number of carbonyl (C=O) groups excluding carboxylic acids is 1. The number of benzene rings is 1. The van der Waals surface area contributed by atoms with Crippen LogP contribution in [0.2, 0.25) is 10.0 Å². The molecule has 0 atom stereocenters. The lowest BCUT2D eigenvalue weighted by atomic mass is 10.1. The molecule has 0 saturated heterocycles. The van der Waals surface area contributed by atoms with Crippen molar-refractivity contribution >= 4 is 29.1 Å². The summed E-state index contributed by atoms with van der Waals surface area (Å²) >= 11 is 11.9. The molecule has 132 valence electrons. The zero-order chi connectivity index (χ0) is 18.1. The Labute approximate surface area is 154 Å². The van der Waals surface area contributed by atoms with Crippen molar-refractivity contribution in [3.8, 4) is 5.75 Å². The Morgan fingerprint density at radius 2 is 1.92 bits per heavy atom. The summed E-state index contributed by atoms with van der Waals surface area (Å²) in [5.41, 5.74) is 0.766. The maximum Gasteiger partial charge on any atom is 0.274 e. The number of aromatic hydroxyl groups is 1. The van der Waals surface area contributed by atoms with Gasteiger partial charge in [-0.05, 0) is 17.7 Å². The smallest absolute Gasteiger partial charge is 0.274 e. The summed E-state index contributed by atoms with van der Waals surface area (Å²) in [6.07, 6.45) is 0. The highest BCUT2D eigenvalue weighted by Crippen LogP contribution is 2.26. The number of hydrogen-bond donors (Lipinski definition) is 1. The highest BCUT2D eigenvalue weighted by Gasteiger charge is 2.30. The second-order valence-corrected chi connectivity index (χ2v) is 6.57. The van der Waals surface area contributed by atoms with Gasteiger partial charge in [-0.1, -0.05) is 29.3 Å². The Morgan fingerprint density at radius 1 is 1.16 bits per heavy atom. The van der Waals surface area contributed by atoms with E-state index in [1.165, 1.54) is 13.2 Å². The minimum atomic E-state index is -0.594. The summed E-state index contributed by atoms with van der Waals surface area (Å²) in [4.78, 5) is 26.3. The Balaban J connectivity index is 1.95. The van der Waals surface area contributed by atoms with E-state index in [2.05, 4.69) is 0 Å². The number of carbonyl (C=O) groups is 1. The van der Waals surface area contributed by atoms with E-state index in [0.717, 1.165) is 5.56 Å². The first-order valence-corrected chi connectivity index (χ1v) is 8.35. The number of aromatic nitrogens is 1. The van der Waals surface area contributed by atoms with E-state index in [-0.39, 0.29) is 12.3 Å². The third kappa shape index (κ3) is 3.38. The van der Waals surface area contributed by atoms with Crippen LogP contribution in [0.1, 0.15) is 21.7 Å². The molecule has 1 aromatic heterocycles. The zero-order valence-corrected chi connectivity index (χ0v) is 15.0. The van der Waals surface area contributed by atoms with Gasteiger partial charge in [0.1, 0.15) is 0 Å². The van der Waals surface area contributed by atoms with Crippen LogP contribution in [0.5, 0.6) is 5.75 Å². The quantitative estimate of drug-likeness (QED) is 0.881. The number of amides is 1. The van der Waals surface area contributed by atoms with Crippen molar-refractivity contribution in [1.29, 1.82) is 0 Å². The zero-order valence-electron chi connectivity index (χ0n) is 13.5. The van der Waals surface area contributed by atoms with Crippen LogP contribution in [0, 0.1) is 0 Å². The number of methoxy groups -OCH3 is 1. The molecule has 3 rings (SSSR count). The lowest BCUT2D eigenvalue weighted by molar-refractivity contribution is 0.0675. The fourth-order valence-corrected chi connectivity index (χ4v) is 3.23. The Kier molecular flexibility index (Phi) is 5.03. The molecule has 0 radical (unpaired) electrons. The van der Waals surface area contributed by atoms with Crippen LogP contribution < -0.4 is 5.43 Å². The summed E-state index contributed by atoms with van der Waals surface area (Å²) in [5.74, 6) is -0.950. The van der Waals surface area contributed by atoms with E-state index in [4.69, 9.17) is 27.9 Å². The van der Waals surface area contributed by atoms with Crippen molar-refractivity contribution in [2.24, 2.45) is 0 Å². The van der Waals surface area contributed by atoms with Gasteiger partial charge < -0.3 is 19.3 Å². The fraction of sp³-hybridized carbons (Fsp3) is 0.294. The molecule has 0 bridgehead atoms. The first-order chi connectivity index (χ1) is 11.9. The summed E-state index contributed by atoms with van der Waals surface area (Å²) in [5, 5.41) is 11.0. The molecule has 1 aliphatic rings. The fourth-order valence-electron chi connectivity index (χ4n) is 2.91. The molecule has 6 nitrogen and oxygen atoms in total. The summed E-state index contributed by atoms with van der Waals surface area (Å²) in [6, 6.07) is 6.44. The molecule has 0 unspecified atom stereocenters. The van der Waals surface area contributed by atoms with Gasteiger partial charge in [0.2, 0.25) is 5.43 Å². The second kappa shape index (κ2) is 7.07. The first kappa shape index (κ1) is 17.8. The topological polar surface area (TPSA) is 71.8 Å². The molecule has 0 aliphatic carbocycles. The predicted octanol–water partition coefficient (Wildman–Crippen LogP) is 2.66. The van der Waals surface area contributed by atoms with E-state index in [9.17, 15) is 14.7 Å². The Bertz CT molecular complexity index is 895. The van der Waals surface area contributed by atoms with Crippen molar-refractivity contribution in [2.75, 3.05) is 13.7 Å². The van der Waals surface area contributed by atoms with Gasteiger partial charge in [0.05, 0.1) is 16.7 Å². The standard InChI is InChI=1S/C17H16Cl2N2O4/c1-25-9-11-7-14(22)16(23)15-17(24)20(4-5-21(11)15)8-10-2-3-12(18)13(19)6-10/h2-3,6-7,23H,4-5,8-9H2,1H3. The van der Waals surface area contributed by atoms with Crippen LogP contribution in [0.15, 0.2) is 29.1 Å². The van der Waals surface area contributed by atoms with Gasteiger partial charge in [-0.2, -0.15) is 0 Å². The van der Waals surface area contributed by atoms with Crippen LogP contribution in [-0.4, -0.2) is 34.1 Å². The van der Waals surface area contributed by atoms with Crippen LogP contribution in [0.25, 0.3) is 0 Å². The van der Waals surface area contributed by atoms with Gasteiger partial charge in [0.25, 0.3) is 5.91 Å². The number of pyridine rings is 1.